The van der Waals surface area contributed by atoms with Gasteiger partial charge in [-0.1, -0.05) is 20.8 Å². The summed E-state index contributed by atoms with van der Waals surface area (Å²) in [5.74, 6) is 0.145. The van der Waals surface area contributed by atoms with Crippen LogP contribution in [0.25, 0.3) is 0 Å². The van der Waals surface area contributed by atoms with E-state index in [0.29, 0.717) is 6.54 Å². The predicted molar refractivity (Wildman–Crippen MR) is 59.1 cm³/mol. The number of hydrogen-bond donors (Lipinski definition) is 0. The highest BCUT2D eigenvalue weighted by atomic mass is 16.2. The maximum absolute atomic E-state index is 11.9. The number of carbonyl (C=O) groups excluding carboxylic acids is 1. The fourth-order valence-electron chi connectivity index (χ4n) is 1.47. The topological polar surface area (TPSA) is 38.1 Å². The Hall–Kier alpha value is -1.32. The predicted octanol–water partition coefficient (Wildman–Crippen LogP) is 1.42. The molecule has 84 valence electrons. The quantitative estimate of drug-likeness (QED) is 0.739. The van der Waals surface area contributed by atoms with Gasteiger partial charge in [-0.15, -0.1) is 0 Å². The lowest BCUT2D eigenvalue weighted by Crippen LogP contribution is -2.36. The van der Waals surface area contributed by atoms with E-state index in [1.54, 1.807) is 15.8 Å². The van der Waals surface area contributed by atoms with Gasteiger partial charge in [0, 0.05) is 37.8 Å². The lowest BCUT2D eigenvalue weighted by Gasteiger charge is -2.25. The molecule has 0 aliphatic carbocycles. The zero-order valence-electron chi connectivity index (χ0n) is 10.1. The third-order valence-corrected chi connectivity index (χ3v) is 2.17. The van der Waals surface area contributed by atoms with Crippen molar-refractivity contribution < 1.29 is 4.79 Å². The standard InChI is InChI=1S/C11H19N3O/c1-11(2,3)10(15)13(4)7-9-6-12-14(5)8-9/h6,8H,7H2,1-5H3. The molecule has 0 atom stereocenters. The van der Waals surface area contributed by atoms with Gasteiger partial charge in [0.2, 0.25) is 5.91 Å². The molecule has 0 saturated heterocycles. The van der Waals surface area contributed by atoms with Crippen LogP contribution in [-0.4, -0.2) is 27.6 Å². The zero-order chi connectivity index (χ0) is 11.6. The lowest BCUT2D eigenvalue weighted by molar-refractivity contribution is -0.138. The van der Waals surface area contributed by atoms with Crippen LogP contribution in [0.2, 0.25) is 0 Å². The molecule has 0 bridgehead atoms. The minimum Gasteiger partial charge on any atom is -0.341 e. The molecule has 1 aromatic rings. The second-order valence-corrected chi connectivity index (χ2v) is 4.93. The van der Waals surface area contributed by atoms with Gasteiger partial charge in [-0.05, 0) is 0 Å². The summed E-state index contributed by atoms with van der Waals surface area (Å²) >= 11 is 0. The SMILES string of the molecule is CN(Cc1cnn(C)c1)C(=O)C(C)(C)C. The molecular weight excluding hydrogens is 190 g/mol. The lowest BCUT2D eigenvalue weighted by atomic mass is 9.95. The molecule has 0 aliphatic heterocycles. The van der Waals surface area contributed by atoms with Crippen molar-refractivity contribution >= 4 is 5.91 Å². The van der Waals surface area contributed by atoms with E-state index in [1.165, 1.54) is 0 Å². The Morgan fingerprint density at radius 3 is 2.53 bits per heavy atom. The van der Waals surface area contributed by atoms with E-state index in [2.05, 4.69) is 5.10 Å². The third-order valence-electron chi connectivity index (χ3n) is 2.17. The van der Waals surface area contributed by atoms with Gasteiger partial charge in [-0.2, -0.15) is 5.10 Å². The summed E-state index contributed by atoms with van der Waals surface area (Å²) in [5.41, 5.74) is 0.731. The molecule has 0 aromatic carbocycles. The van der Waals surface area contributed by atoms with Gasteiger partial charge in [0.25, 0.3) is 0 Å². The molecule has 1 amide bonds. The van der Waals surface area contributed by atoms with Gasteiger partial charge in [0.1, 0.15) is 0 Å². The van der Waals surface area contributed by atoms with E-state index in [1.807, 2.05) is 41.1 Å². The van der Waals surface area contributed by atoms with Gasteiger partial charge >= 0.3 is 0 Å². The molecule has 0 saturated carbocycles. The first-order valence-electron chi connectivity index (χ1n) is 5.04. The van der Waals surface area contributed by atoms with Crippen molar-refractivity contribution in [2.24, 2.45) is 12.5 Å². The summed E-state index contributed by atoms with van der Waals surface area (Å²) in [4.78, 5) is 13.6. The number of carbonyl (C=O) groups is 1. The molecule has 0 unspecified atom stereocenters. The number of amides is 1. The van der Waals surface area contributed by atoms with Crippen molar-refractivity contribution in [1.29, 1.82) is 0 Å². The summed E-state index contributed by atoms with van der Waals surface area (Å²) in [6.45, 7) is 6.39. The largest absolute Gasteiger partial charge is 0.341 e. The Bertz CT molecular complexity index is 349. The molecule has 15 heavy (non-hydrogen) atoms. The van der Waals surface area contributed by atoms with Crippen LogP contribution in [-0.2, 0) is 18.4 Å². The fraction of sp³-hybridized carbons (Fsp3) is 0.636. The van der Waals surface area contributed by atoms with Gasteiger partial charge in [0.05, 0.1) is 6.20 Å². The fourth-order valence-corrected chi connectivity index (χ4v) is 1.47. The van der Waals surface area contributed by atoms with Crippen molar-refractivity contribution in [1.82, 2.24) is 14.7 Å². The van der Waals surface area contributed by atoms with E-state index < -0.39 is 0 Å². The van der Waals surface area contributed by atoms with Crippen LogP contribution >= 0.6 is 0 Å². The summed E-state index contributed by atoms with van der Waals surface area (Å²) in [7, 11) is 3.69. The second-order valence-electron chi connectivity index (χ2n) is 4.93. The molecule has 4 nitrogen and oxygen atoms in total. The van der Waals surface area contributed by atoms with Crippen LogP contribution < -0.4 is 0 Å². The van der Waals surface area contributed by atoms with Gasteiger partial charge in [0.15, 0.2) is 0 Å². The normalized spacial score (nSPS) is 11.5. The molecular formula is C11H19N3O. The average molecular weight is 209 g/mol. The van der Waals surface area contributed by atoms with E-state index in [4.69, 9.17) is 0 Å². The molecule has 0 spiro atoms. The Labute approximate surface area is 90.9 Å². The van der Waals surface area contributed by atoms with E-state index in [9.17, 15) is 4.79 Å². The highest BCUT2D eigenvalue weighted by Gasteiger charge is 2.24. The minimum atomic E-state index is -0.322. The molecule has 0 fully saturated rings. The maximum Gasteiger partial charge on any atom is 0.227 e. The van der Waals surface area contributed by atoms with Gasteiger partial charge in [-0.3, -0.25) is 9.48 Å². The number of aryl methyl sites for hydroxylation is 1. The van der Waals surface area contributed by atoms with Crippen LogP contribution in [0.3, 0.4) is 0 Å². The first kappa shape index (κ1) is 11.8. The van der Waals surface area contributed by atoms with Crippen molar-refractivity contribution in [3.05, 3.63) is 18.0 Å². The van der Waals surface area contributed by atoms with Crippen LogP contribution in [0, 0.1) is 5.41 Å². The molecule has 0 aliphatic rings. The first-order valence-corrected chi connectivity index (χ1v) is 5.04. The van der Waals surface area contributed by atoms with Crippen molar-refractivity contribution in [2.75, 3.05) is 7.05 Å². The zero-order valence-corrected chi connectivity index (χ0v) is 10.1. The van der Waals surface area contributed by atoms with E-state index in [-0.39, 0.29) is 11.3 Å². The summed E-state index contributed by atoms with van der Waals surface area (Å²) in [6.07, 6.45) is 3.71. The summed E-state index contributed by atoms with van der Waals surface area (Å²) in [5, 5.41) is 4.07. The van der Waals surface area contributed by atoms with Crippen molar-refractivity contribution in [2.45, 2.75) is 27.3 Å². The Morgan fingerprint density at radius 2 is 2.13 bits per heavy atom. The molecule has 1 heterocycles. The molecule has 0 N–H and O–H groups in total. The number of nitrogens with zero attached hydrogens (tertiary/aromatic N) is 3. The number of aromatic nitrogens is 2. The Kier molecular flexibility index (Phi) is 3.17. The van der Waals surface area contributed by atoms with Crippen molar-refractivity contribution in [3.8, 4) is 0 Å². The number of rotatable bonds is 2. The second kappa shape index (κ2) is 4.04. The Balaban J connectivity index is 2.64. The minimum absolute atomic E-state index is 0.145. The van der Waals surface area contributed by atoms with Crippen LogP contribution in [0.5, 0.6) is 0 Å². The smallest absolute Gasteiger partial charge is 0.227 e. The van der Waals surface area contributed by atoms with Crippen LogP contribution in [0.4, 0.5) is 0 Å². The van der Waals surface area contributed by atoms with Gasteiger partial charge < -0.3 is 4.90 Å². The van der Waals surface area contributed by atoms with Crippen LogP contribution in [0.15, 0.2) is 12.4 Å². The van der Waals surface area contributed by atoms with E-state index >= 15 is 0 Å². The maximum atomic E-state index is 11.9. The van der Waals surface area contributed by atoms with Gasteiger partial charge in [-0.25, -0.2) is 0 Å². The number of hydrogen-bond acceptors (Lipinski definition) is 2. The summed E-state index contributed by atoms with van der Waals surface area (Å²) in [6, 6.07) is 0. The third kappa shape index (κ3) is 3.08. The van der Waals surface area contributed by atoms with Crippen LogP contribution in [0.1, 0.15) is 26.3 Å². The molecule has 1 aromatic heterocycles. The molecule has 0 radical (unpaired) electrons. The Morgan fingerprint density at radius 1 is 1.53 bits per heavy atom. The van der Waals surface area contributed by atoms with E-state index in [0.717, 1.165) is 5.56 Å². The highest BCUT2D eigenvalue weighted by molar-refractivity contribution is 5.81. The first-order chi connectivity index (χ1) is 6.80. The highest BCUT2D eigenvalue weighted by Crippen LogP contribution is 2.17. The van der Waals surface area contributed by atoms with Crippen molar-refractivity contribution in [3.63, 3.8) is 0 Å². The summed E-state index contributed by atoms with van der Waals surface area (Å²) < 4.78 is 1.74. The molecule has 1 rings (SSSR count). The average Bonchev–Trinajstić information content (AvgIpc) is 2.48. The molecule has 4 heteroatoms. The monoisotopic (exact) mass is 209 g/mol.